The molecule has 150 valence electrons. The molecule has 8 nitrogen and oxygen atoms in total. The molecule has 1 fully saturated rings. The number of carbonyl (C=O) groups is 4. The summed E-state index contributed by atoms with van der Waals surface area (Å²) in [7, 11) is 0. The van der Waals surface area contributed by atoms with Crippen LogP contribution in [-0.4, -0.2) is 41.9 Å². The van der Waals surface area contributed by atoms with Crippen molar-refractivity contribution in [1.82, 2.24) is 10.2 Å². The van der Waals surface area contributed by atoms with Gasteiger partial charge in [-0.3, -0.25) is 14.5 Å². The van der Waals surface area contributed by atoms with Crippen LogP contribution in [0, 0.1) is 6.92 Å². The van der Waals surface area contributed by atoms with Gasteiger partial charge in [0.05, 0.1) is 18.7 Å². The molecule has 9 heteroatoms. The SMILES string of the molecule is Cc1cc(Br)ccc1NC(=O)COC(=O)c1cccc(CN2C(=O)CNC2=O)c1. The summed E-state index contributed by atoms with van der Waals surface area (Å²) in [6.45, 7) is 1.43. The van der Waals surface area contributed by atoms with E-state index in [2.05, 4.69) is 26.6 Å². The number of imide groups is 1. The molecule has 29 heavy (non-hydrogen) atoms. The lowest BCUT2D eigenvalue weighted by molar-refractivity contribution is -0.125. The first-order chi connectivity index (χ1) is 13.8. The van der Waals surface area contributed by atoms with E-state index in [9.17, 15) is 19.2 Å². The average molecular weight is 460 g/mol. The van der Waals surface area contributed by atoms with Gasteiger partial charge in [0, 0.05) is 10.2 Å². The number of ether oxygens (including phenoxy) is 1. The number of nitrogens with zero attached hydrogens (tertiary/aromatic N) is 1. The summed E-state index contributed by atoms with van der Waals surface area (Å²) in [6, 6.07) is 11.3. The van der Waals surface area contributed by atoms with E-state index in [1.807, 2.05) is 13.0 Å². The second-order valence-corrected chi connectivity index (χ2v) is 7.34. The second-order valence-electron chi connectivity index (χ2n) is 6.42. The van der Waals surface area contributed by atoms with Crippen LogP contribution in [-0.2, 0) is 20.9 Å². The van der Waals surface area contributed by atoms with E-state index in [0.717, 1.165) is 14.9 Å². The number of hydrogen-bond donors (Lipinski definition) is 2. The van der Waals surface area contributed by atoms with E-state index < -0.39 is 24.5 Å². The standard InChI is InChI=1S/C20H18BrN3O5/c1-12-7-15(21)5-6-16(12)23-17(25)11-29-19(27)14-4-2-3-13(8-14)10-24-18(26)9-22-20(24)28/h2-8H,9-11H2,1H3,(H,22,28)(H,23,25). The third-order valence-electron chi connectivity index (χ3n) is 4.24. The Morgan fingerprint density at radius 1 is 1.21 bits per heavy atom. The number of hydrogen-bond acceptors (Lipinski definition) is 5. The number of carbonyl (C=O) groups excluding carboxylic acids is 4. The minimum absolute atomic E-state index is 0.0342. The maximum Gasteiger partial charge on any atom is 0.338 e. The number of anilines is 1. The molecule has 2 N–H and O–H groups in total. The Morgan fingerprint density at radius 3 is 2.69 bits per heavy atom. The molecule has 2 aromatic carbocycles. The molecule has 1 aliphatic rings. The zero-order chi connectivity index (χ0) is 21.0. The normalized spacial score (nSPS) is 13.2. The van der Waals surface area contributed by atoms with Gasteiger partial charge in [0.2, 0.25) is 5.91 Å². The molecule has 4 amide bonds. The van der Waals surface area contributed by atoms with Gasteiger partial charge in [0.1, 0.15) is 0 Å². The third kappa shape index (κ3) is 5.20. The van der Waals surface area contributed by atoms with Crippen molar-refractivity contribution in [1.29, 1.82) is 0 Å². The number of halogens is 1. The van der Waals surface area contributed by atoms with Crippen LogP contribution >= 0.6 is 15.9 Å². The van der Waals surface area contributed by atoms with E-state index in [4.69, 9.17) is 4.74 Å². The smallest absolute Gasteiger partial charge is 0.338 e. The Bertz CT molecular complexity index is 976. The summed E-state index contributed by atoms with van der Waals surface area (Å²) in [6.07, 6.45) is 0. The summed E-state index contributed by atoms with van der Waals surface area (Å²) < 4.78 is 5.97. The average Bonchev–Trinajstić information content (AvgIpc) is 3.00. The fourth-order valence-corrected chi connectivity index (χ4v) is 3.24. The van der Waals surface area contributed by atoms with Gasteiger partial charge in [-0.25, -0.2) is 9.59 Å². The van der Waals surface area contributed by atoms with Crippen LogP contribution in [0.1, 0.15) is 21.5 Å². The minimum atomic E-state index is -0.674. The molecule has 1 saturated heterocycles. The molecule has 1 heterocycles. The molecular formula is C20H18BrN3O5. The van der Waals surface area contributed by atoms with Gasteiger partial charge in [-0.05, 0) is 48.4 Å². The first kappa shape index (κ1) is 20.5. The topological polar surface area (TPSA) is 105 Å². The number of amides is 4. The predicted octanol–water partition coefficient (Wildman–Crippen LogP) is 2.60. The van der Waals surface area contributed by atoms with Gasteiger partial charge >= 0.3 is 12.0 Å². The van der Waals surface area contributed by atoms with Crippen molar-refractivity contribution in [3.8, 4) is 0 Å². The highest BCUT2D eigenvalue weighted by molar-refractivity contribution is 9.10. The number of aryl methyl sites for hydroxylation is 1. The van der Waals surface area contributed by atoms with Crippen molar-refractivity contribution in [2.75, 3.05) is 18.5 Å². The summed E-state index contributed by atoms with van der Waals surface area (Å²) >= 11 is 3.35. The van der Waals surface area contributed by atoms with Crippen LogP contribution in [0.25, 0.3) is 0 Å². The molecule has 0 unspecified atom stereocenters. The van der Waals surface area contributed by atoms with Crippen LogP contribution in [0.4, 0.5) is 10.5 Å². The Hall–Kier alpha value is -3.20. The maximum atomic E-state index is 12.3. The zero-order valence-electron chi connectivity index (χ0n) is 15.5. The van der Waals surface area contributed by atoms with Gasteiger partial charge in [0.15, 0.2) is 6.61 Å². The third-order valence-corrected chi connectivity index (χ3v) is 4.73. The van der Waals surface area contributed by atoms with Gasteiger partial charge < -0.3 is 15.4 Å². The lowest BCUT2D eigenvalue weighted by Crippen LogP contribution is -2.30. The lowest BCUT2D eigenvalue weighted by atomic mass is 10.1. The predicted molar refractivity (Wildman–Crippen MR) is 108 cm³/mol. The number of urea groups is 1. The van der Waals surface area contributed by atoms with E-state index >= 15 is 0 Å². The Morgan fingerprint density at radius 2 is 2.00 bits per heavy atom. The van der Waals surface area contributed by atoms with Gasteiger partial charge in [-0.1, -0.05) is 28.1 Å². The fraction of sp³-hybridized carbons (Fsp3) is 0.200. The molecule has 0 saturated carbocycles. The molecule has 0 bridgehead atoms. The van der Waals surface area contributed by atoms with E-state index in [-0.39, 0.29) is 24.6 Å². The van der Waals surface area contributed by atoms with Crippen LogP contribution in [0.3, 0.4) is 0 Å². The van der Waals surface area contributed by atoms with Crippen molar-refractivity contribution >= 4 is 45.4 Å². The highest BCUT2D eigenvalue weighted by Gasteiger charge is 2.28. The summed E-state index contributed by atoms with van der Waals surface area (Å²) in [5, 5.41) is 5.12. The number of benzene rings is 2. The van der Waals surface area contributed by atoms with Crippen LogP contribution in [0.15, 0.2) is 46.9 Å². The molecule has 0 spiro atoms. The van der Waals surface area contributed by atoms with Gasteiger partial charge in [0.25, 0.3) is 5.91 Å². The van der Waals surface area contributed by atoms with E-state index in [1.54, 1.807) is 24.3 Å². The fourth-order valence-electron chi connectivity index (χ4n) is 2.76. The van der Waals surface area contributed by atoms with Crippen LogP contribution in [0.5, 0.6) is 0 Å². The monoisotopic (exact) mass is 459 g/mol. The molecule has 3 rings (SSSR count). The maximum absolute atomic E-state index is 12.3. The molecule has 0 aliphatic carbocycles. The van der Waals surface area contributed by atoms with Crippen molar-refractivity contribution in [3.63, 3.8) is 0 Å². The van der Waals surface area contributed by atoms with Crippen molar-refractivity contribution in [2.45, 2.75) is 13.5 Å². The van der Waals surface area contributed by atoms with Gasteiger partial charge in [-0.2, -0.15) is 0 Å². The Kier molecular flexibility index (Phi) is 6.28. The largest absolute Gasteiger partial charge is 0.452 e. The Labute approximate surface area is 175 Å². The molecule has 0 atom stereocenters. The number of rotatable bonds is 6. The molecule has 2 aromatic rings. The molecule has 1 aliphatic heterocycles. The van der Waals surface area contributed by atoms with Crippen molar-refractivity contribution < 1.29 is 23.9 Å². The highest BCUT2D eigenvalue weighted by Crippen LogP contribution is 2.20. The second kappa shape index (κ2) is 8.87. The van der Waals surface area contributed by atoms with Crippen molar-refractivity contribution in [2.24, 2.45) is 0 Å². The van der Waals surface area contributed by atoms with E-state index in [1.165, 1.54) is 12.1 Å². The molecule has 0 aromatic heterocycles. The molecule has 0 radical (unpaired) electrons. The lowest BCUT2D eigenvalue weighted by Gasteiger charge is -2.13. The van der Waals surface area contributed by atoms with Gasteiger partial charge in [-0.15, -0.1) is 0 Å². The summed E-state index contributed by atoms with van der Waals surface area (Å²) in [5.74, 6) is -1.46. The quantitative estimate of drug-likeness (QED) is 0.510. The highest BCUT2D eigenvalue weighted by atomic mass is 79.9. The summed E-state index contributed by atoms with van der Waals surface area (Å²) in [5.41, 5.74) is 2.32. The number of esters is 1. The summed E-state index contributed by atoms with van der Waals surface area (Å²) in [4.78, 5) is 48.7. The first-order valence-electron chi connectivity index (χ1n) is 8.74. The number of nitrogens with one attached hydrogen (secondary N) is 2. The Balaban J connectivity index is 1.57. The van der Waals surface area contributed by atoms with Crippen molar-refractivity contribution in [3.05, 3.63) is 63.6 Å². The minimum Gasteiger partial charge on any atom is -0.452 e. The first-order valence-corrected chi connectivity index (χ1v) is 9.53. The zero-order valence-corrected chi connectivity index (χ0v) is 17.1. The van der Waals surface area contributed by atoms with Crippen LogP contribution < -0.4 is 10.6 Å². The van der Waals surface area contributed by atoms with Crippen LogP contribution in [0.2, 0.25) is 0 Å². The van der Waals surface area contributed by atoms with E-state index in [0.29, 0.717) is 11.3 Å². The molecular weight excluding hydrogens is 442 g/mol.